The number of pyridine rings is 1. The van der Waals surface area contributed by atoms with Crippen LogP contribution >= 0.6 is 23.2 Å². The minimum absolute atomic E-state index is 0.193. The number of hydrogen-bond acceptors (Lipinski definition) is 4. The van der Waals surface area contributed by atoms with Crippen LogP contribution in [0, 0.1) is 0 Å². The van der Waals surface area contributed by atoms with Crippen LogP contribution < -0.4 is 4.74 Å². The van der Waals surface area contributed by atoms with Gasteiger partial charge in [-0.25, -0.2) is 9.78 Å². The Kier molecular flexibility index (Phi) is 3.89. The van der Waals surface area contributed by atoms with E-state index in [1.54, 1.807) is 24.3 Å². The third kappa shape index (κ3) is 2.66. The molecule has 0 saturated heterocycles. The molecule has 6 heteroatoms. The molecule has 18 heavy (non-hydrogen) atoms. The monoisotopic (exact) mass is 285 g/mol. The number of fused-ring (bicyclic) bond motifs is 1. The summed E-state index contributed by atoms with van der Waals surface area (Å²) in [5.41, 5.74) is 0.513. The third-order valence-corrected chi connectivity index (χ3v) is 2.85. The van der Waals surface area contributed by atoms with Crippen molar-refractivity contribution in [2.75, 3.05) is 13.7 Å². The fourth-order valence-electron chi connectivity index (χ4n) is 1.45. The van der Waals surface area contributed by atoms with Crippen LogP contribution in [0.3, 0.4) is 0 Å². The summed E-state index contributed by atoms with van der Waals surface area (Å²) in [6.07, 6.45) is 0. The first-order valence-electron chi connectivity index (χ1n) is 5.06. The van der Waals surface area contributed by atoms with Crippen LogP contribution in [-0.4, -0.2) is 24.7 Å². The van der Waals surface area contributed by atoms with Gasteiger partial charge in [0.25, 0.3) is 0 Å². The maximum Gasteiger partial charge on any atom is 0.343 e. The van der Waals surface area contributed by atoms with Gasteiger partial charge in [0.2, 0.25) is 0 Å². The molecule has 2 aromatic rings. The molecule has 1 heterocycles. The van der Waals surface area contributed by atoms with Crippen molar-refractivity contribution in [3.63, 3.8) is 0 Å². The molecule has 0 amide bonds. The summed E-state index contributed by atoms with van der Waals surface area (Å²) in [5.74, 6) is -0.0394. The zero-order valence-electron chi connectivity index (χ0n) is 9.44. The molecule has 0 bridgehead atoms. The van der Waals surface area contributed by atoms with E-state index in [4.69, 9.17) is 27.9 Å². The number of benzene rings is 1. The van der Waals surface area contributed by atoms with E-state index in [2.05, 4.69) is 9.72 Å². The van der Waals surface area contributed by atoms with E-state index in [9.17, 15) is 4.79 Å². The van der Waals surface area contributed by atoms with Crippen molar-refractivity contribution in [2.24, 2.45) is 0 Å². The predicted octanol–water partition coefficient (Wildman–Crippen LogP) is 3.09. The minimum atomic E-state index is -0.472. The highest BCUT2D eigenvalue weighted by atomic mass is 35.5. The summed E-state index contributed by atoms with van der Waals surface area (Å²) in [4.78, 5) is 15.2. The fraction of sp³-hybridized carbons (Fsp3) is 0.167. The van der Waals surface area contributed by atoms with E-state index >= 15 is 0 Å². The number of carbonyl (C=O) groups is 1. The second kappa shape index (κ2) is 5.42. The van der Waals surface area contributed by atoms with Gasteiger partial charge in [-0.3, -0.25) is 0 Å². The average molecular weight is 286 g/mol. The van der Waals surface area contributed by atoms with Crippen molar-refractivity contribution in [2.45, 2.75) is 0 Å². The first kappa shape index (κ1) is 12.9. The molecule has 1 aromatic carbocycles. The largest absolute Gasteiger partial charge is 0.480 e. The average Bonchev–Trinajstić information content (AvgIpc) is 2.37. The lowest BCUT2D eigenvalue weighted by Gasteiger charge is -2.08. The van der Waals surface area contributed by atoms with Crippen molar-refractivity contribution < 1.29 is 14.3 Å². The fourth-order valence-corrected chi connectivity index (χ4v) is 1.81. The number of methoxy groups -OCH3 is 1. The molecule has 0 aliphatic rings. The number of nitrogens with zero attached hydrogens (tertiary/aromatic N) is 1. The molecule has 0 atom stereocenters. The van der Waals surface area contributed by atoms with Crippen molar-refractivity contribution in [3.05, 3.63) is 34.4 Å². The van der Waals surface area contributed by atoms with Gasteiger partial charge in [0.15, 0.2) is 6.61 Å². The van der Waals surface area contributed by atoms with Gasteiger partial charge in [0.05, 0.1) is 12.1 Å². The number of carbonyl (C=O) groups excluding carboxylic acids is 1. The first-order valence-corrected chi connectivity index (χ1v) is 5.82. The van der Waals surface area contributed by atoms with Crippen molar-refractivity contribution in [3.8, 4) is 5.75 Å². The Morgan fingerprint density at radius 2 is 2.06 bits per heavy atom. The summed E-state index contributed by atoms with van der Waals surface area (Å²) in [6.45, 7) is -0.193. The SMILES string of the molecule is COC(=O)COc1ccc(Cl)c2ccc(Cl)nc12. The topological polar surface area (TPSA) is 48.4 Å². The van der Waals surface area contributed by atoms with Crippen LogP contribution in [0.25, 0.3) is 10.9 Å². The van der Waals surface area contributed by atoms with Crippen LogP contribution in [0.2, 0.25) is 10.2 Å². The number of aromatic nitrogens is 1. The molecule has 0 saturated carbocycles. The maximum absolute atomic E-state index is 11.0. The molecule has 94 valence electrons. The zero-order valence-corrected chi connectivity index (χ0v) is 11.0. The lowest BCUT2D eigenvalue weighted by Crippen LogP contribution is -2.12. The van der Waals surface area contributed by atoms with Crippen LogP contribution in [0.15, 0.2) is 24.3 Å². The van der Waals surface area contributed by atoms with Crippen molar-refractivity contribution in [1.82, 2.24) is 4.98 Å². The Labute approximate surface area is 113 Å². The highest BCUT2D eigenvalue weighted by Crippen LogP contribution is 2.31. The Balaban J connectivity index is 2.41. The lowest BCUT2D eigenvalue weighted by molar-refractivity contribution is -0.142. The summed E-state index contributed by atoms with van der Waals surface area (Å²) in [7, 11) is 1.29. The van der Waals surface area contributed by atoms with Gasteiger partial charge in [-0.05, 0) is 24.3 Å². The Hall–Kier alpha value is -1.52. The van der Waals surface area contributed by atoms with Gasteiger partial charge in [-0.1, -0.05) is 23.2 Å². The highest BCUT2D eigenvalue weighted by molar-refractivity contribution is 6.36. The van der Waals surface area contributed by atoms with Crippen LogP contribution in [0.5, 0.6) is 5.75 Å². The number of halogens is 2. The molecule has 0 N–H and O–H groups in total. The summed E-state index contributed by atoms with van der Waals surface area (Å²) >= 11 is 11.9. The molecular formula is C12H9Cl2NO3. The number of rotatable bonds is 3. The molecule has 2 rings (SSSR count). The Bertz CT molecular complexity index is 601. The lowest BCUT2D eigenvalue weighted by atomic mass is 10.2. The van der Waals surface area contributed by atoms with E-state index < -0.39 is 5.97 Å². The molecular weight excluding hydrogens is 277 g/mol. The molecule has 0 unspecified atom stereocenters. The van der Waals surface area contributed by atoms with Gasteiger partial charge < -0.3 is 9.47 Å². The van der Waals surface area contributed by atoms with E-state index in [-0.39, 0.29) is 6.61 Å². The molecule has 4 nitrogen and oxygen atoms in total. The van der Waals surface area contributed by atoms with Gasteiger partial charge in [-0.15, -0.1) is 0 Å². The second-order valence-corrected chi connectivity index (χ2v) is 4.23. The highest BCUT2D eigenvalue weighted by Gasteiger charge is 2.10. The van der Waals surface area contributed by atoms with Crippen molar-refractivity contribution >= 4 is 40.1 Å². The standard InChI is InChI=1S/C12H9Cl2NO3/c1-17-11(16)6-18-9-4-3-8(13)7-2-5-10(14)15-12(7)9/h2-5H,6H2,1H3. The maximum atomic E-state index is 11.0. The number of hydrogen-bond donors (Lipinski definition) is 0. The third-order valence-electron chi connectivity index (χ3n) is 2.31. The van der Waals surface area contributed by atoms with Gasteiger partial charge >= 0.3 is 5.97 Å². The zero-order chi connectivity index (χ0) is 13.1. The smallest absolute Gasteiger partial charge is 0.343 e. The van der Waals surface area contributed by atoms with Crippen LogP contribution in [0.1, 0.15) is 0 Å². The van der Waals surface area contributed by atoms with Crippen molar-refractivity contribution in [1.29, 1.82) is 0 Å². The van der Waals surface area contributed by atoms with E-state index in [1.807, 2.05) is 0 Å². The number of ether oxygens (including phenoxy) is 2. The molecule has 0 radical (unpaired) electrons. The van der Waals surface area contributed by atoms with E-state index in [0.717, 1.165) is 0 Å². The van der Waals surface area contributed by atoms with Gasteiger partial charge in [0, 0.05) is 5.39 Å². The van der Waals surface area contributed by atoms with E-state index in [0.29, 0.717) is 26.8 Å². The Morgan fingerprint density at radius 3 is 2.78 bits per heavy atom. The van der Waals surface area contributed by atoms with E-state index in [1.165, 1.54) is 7.11 Å². The summed E-state index contributed by atoms with van der Waals surface area (Å²) in [6, 6.07) is 6.70. The molecule has 0 fully saturated rings. The molecule has 0 aliphatic carbocycles. The molecule has 1 aromatic heterocycles. The summed E-state index contributed by atoms with van der Waals surface area (Å²) < 4.78 is 9.82. The normalized spacial score (nSPS) is 10.4. The summed E-state index contributed by atoms with van der Waals surface area (Å²) in [5, 5.41) is 1.58. The van der Waals surface area contributed by atoms with Gasteiger partial charge in [-0.2, -0.15) is 0 Å². The number of esters is 1. The van der Waals surface area contributed by atoms with Crippen LogP contribution in [0.4, 0.5) is 0 Å². The molecule has 0 spiro atoms. The minimum Gasteiger partial charge on any atom is -0.480 e. The van der Waals surface area contributed by atoms with Crippen LogP contribution in [-0.2, 0) is 9.53 Å². The Morgan fingerprint density at radius 1 is 1.28 bits per heavy atom. The molecule has 0 aliphatic heterocycles. The predicted molar refractivity (Wildman–Crippen MR) is 69.3 cm³/mol. The second-order valence-electron chi connectivity index (χ2n) is 3.44. The first-order chi connectivity index (χ1) is 8.61. The quantitative estimate of drug-likeness (QED) is 0.642. The van der Waals surface area contributed by atoms with Gasteiger partial charge in [0.1, 0.15) is 16.4 Å².